The van der Waals surface area contributed by atoms with Crippen LogP contribution in [0.2, 0.25) is 0 Å². The summed E-state index contributed by atoms with van der Waals surface area (Å²) in [6, 6.07) is 0.534. The van der Waals surface area contributed by atoms with Crippen LogP contribution in [-0.2, 0) is 6.18 Å². The normalized spacial score (nSPS) is 12.2. The highest BCUT2D eigenvalue weighted by atomic mass is 19.4. The second kappa shape index (κ2) is 3.23. The standard InChI is InChI=1S/C6H3F5N2/c7-4(8)5-12-2-1-3(13-5)6(9,10)11/h1-2,4H. The number of nitrogens with zero attached hydrogens (tertiary/aromatic N) is 2. The van der Waals surface area contributed by atoms with Crippen LogP contribution in [0.4, 0.5) is 22.0 Å². The van der Waals surface area contributed by atoms with Crippen LogP contribution in [0.15, 0.2) is 12.3 Å². The molecule has 2 nitrogen and oxygen atoms in total. The fourth-order valence-electron chi connectivity index (χ4n) is 0.637. The van der Waals surface area contributed by atoms with E-state index in [1.807, 2.05) is 0 Å². The van der Waals surface area contributed by atoms with Crippen molar-refractivity contribution in [2.75, 3.05) is 0 Å². The zero-order valence-electron chi connectivity index (χ0n) is 6.02. The molecule has 0 radical (unpaired) electrons. The molecule has 0 aliphatic rings. The van der Waals surface area contributed by atoms with Crippen molar-refractivity contribution < 1.29 is 22.0 Å². The SMILES string of the molecule is FC(F)c1nccc(C(F)(F)F)n1. The Hall–Kier alpha value is -1.27. The van der Waals surface area contributed by atoms with Crippen LogP contribution >= 0.6 is 0 Å². The predicted octanol–water partition coefficient (Wildman–Crippen LogP) is 2.43. The molecule has 0 aliphatic heterocycles. The Morgan fingerprint density at radius 1 is 1.23 bits per heavy atom. The van der Waals surface area contributed by atoms with Crippen molar-refractivity contribution in [3.63, 3.8) is 0 Å². The van der Waals surface area contributed by atoms with Crippen LogP contribution < -0.4 is 0 Å². The zero-order chi connectivity index (χ0) is 10.1. The van der Waals surface area contributed by atoms with Crippen LogP contribution in [0.5, 0.6) is 0 Å². The van der Waals surface area contributed by atoms with Crippen molar-refractivity contribution in [2.24, 2.45) is 0 Å². The molecule has 72 valence electrons. The van der Waals surface area contributed by atoms with E-state index in [-0.39, 0.29) is 0 Å². The number of halogens is 5. The molecular formula is C6H3F5N2. The van der Waals surface area contributed by atoms with Gasteiger partial charge in [-0.2, -0.15) is 13.2 Å². The fourth-order valence-corrected chi connectivity index (χ4v) is 0.637. The molecule has 1 rings (SSSR count). The summed E-state index contributed by atoms with van der Waals surface area (Å²) in [5.74, 6) is -1.12. The third kappa shape index (κ3) is 2.33. The first kappa shape index (κ1) is 9.82. The van der Waals surface area contributed by atoms with Gasteiger partial charge in [-0.25, -0.2) is 18.7 Å². The summed E-state index contributed by atoms with van der Waals surface area (Å²) >= 11 is 0. The molecule has 7 heteroatoms. The minimum absolute atomic E-state index is 0.534. The van der Waals surface area contributed by atoms with Crippen molar-refractivity contribution in [3.8, 4) is 0 Å². The monoisotopic (exact) mass is 198 g/mol. The van der Waals surface area contributed by atoms with Crippen molar-refractivity contribution in [3.05, 3.63) is 23.8 Å². The molecular weight excluding hydrogens is 195 g/mol. The molecule has 0 aliphatic carbocycles. The maximum absolute atomic E-state index is 11.9. The lowest BCUT2D eigenvalue weighted by Gasteiger charge is -2.05. The van der Waals surface area contributed by atoms with E-state index >= 15 is 0 Å². The highest BCUT2D eigenvalue weighted by Gasteiger charge is 2.33. The Labute approximate surface area is 69.4 Å². The third-order valence-corrected chi connectivity index (χ3v) is 1.16. The van der Waals surface area contributed by atoms with E-state index in [2.05, 4.69) is 9.97 Å². The van der Waals surface area contributed by atoms with Gasteiger partial charge in [-0.1, -0.05) is 0 Å². The molecule has 0 N–H and O–H groups in total. The van der Waals surface area contributed by atoms with Crippen LogP contribution in [0.25, 0.3) is 0 Å². The molecule has 0 amide bonds. The van der Waals surface area contributed by atoms with Crippen molar-refractivity contribution in [1.82, 2.24) is 9.97 Å². The quantitative estimate of drug-likeness (QED) is 0.647. The molecule has 1 aromatic heterocycles. The minimum atomic E-state index is -4.72. The lowest BCUT2D eigenvalue weighted by Crippen LogP contribution is -2.10. The second-order valence-electron chi connectivity index (χ2n) is 2.10. The average Bonchev–Trinajstić information content (AvgIpc) is 2.03. The van der Waals surface area contributed by atoms with Gasteiger partial charge >= 0.3 is 6.18 Å². The number of aromatic nitrogens is 2. The van der Waals surface area contributed by atoms with Gasteiger partial charge in [0.15, 0.2) is 5.82 Å². The predicted molar refractivity (Wildman–Crippen MR) is 32.0 cm³/mol. The first-order valence-corrected chi connectivity index (χ1v) is 3.09. The van der Waals surface area contributed by atoms with Crippen LogP contribution in [0.1, 0.15) is 17.9 Å². The molecule has 0 spiro atoms. The van der Waals surface area contributed by atoms with Crippen LogP contribution in [-0.4, -0.2) is 9.97 Å². The lowest BCUT2D eigenvalue weighted by molar-refractivity contribution is -0.141. The Bertz CT molecular complexity index is 295. The average molecular weight is 198 g/mol. The summed E-state index contributed by atoms with van der Waals surface area (Å²) in [5, 5.41) is 0. The van der Waals surface area contributed by atoms with Crippen molar-refractivity contribution in [2.45, 2.75) is 12.6 Å². The van der Waals surface area contributed by atoms with Gasteiger partial charge in [0, 0.05) is 6.20 Å². The Morgan fingerprint density at radius 2 is 1.85 bits per heavy atom. The summed E-state index contributed by atoms with van der Waals surface area (Å²) in [7, 11) is 0. The van der Waals surface area contributed by atoms with Gasteiger partial charge in [0.2, 0.25) is 0 Å². The van der Waals surface area contributed by atoms with Crippen molar-refractivity contribution >= 4 is 0 Å². The highest BCUT2D eigenvalue weighted by Crippen LogP contribution is 2.28. The van der Waals surface area contributed by atoms with E-state index < -0.39 is 24.1 Å². The molecule has 0 saturated carbocycles. The largest absolute Gasteiger partial charge is 0.433 e. The number of hydrogen-bond acceptors (Lipinski definition) is 2. The molecule has 0 aromatic carbocycles. The van der Waals surface area contributed by atoms with E-state index in [4.69, 9.17) is 0 Å². The maximum Gasteiger partial charge on any atom is 0.433 e. The highest BCUT2D eigenvalue weighted by molar-refractivity contribution is 5.06. The topological polar surface area (TPSA) is 25.8 Å². The molecule has 1 heterocycles. The lowest BCUT2D eigenvalue weighted by atomic mass is 10.4. The summed E-state index contributed by atoms with van der Waals surface area (Å²) in [6.45, 7) is 0. The van der Waals surface area contributed by atoms with E-state index in [0.717, 1.165) is 0 Å². The van der Waals surface area contributed by atoms with Crippen molar-refractivity contribution in [1.29, 1.82) is 0 Å². The summed E-state index contributed by atoms with van der Waals surface area (Å²) in [5.41, 5.74) is -1.36. The van der Waals surface area contributed by atoms with Gasteiger partial charge in [0.05, 0.1) is 0 Å². The smallest absolute Gasteiger partial charge is 0.236 e. The van der Waals surface area contributed by atoms with Crippen LogP contribution in [0, 0.1) is 0 Å². The Balaban J connectivity index is 3.06. The van der Waals surface area contributed by atoms with Gasteiger partial charge in [-0.05, 0) is 6.07 Å². The van der Waals surface area contributed by atoms with Gasteiger partial charge in [-0.15, -0.1) is 0 Å². The first-order chi connectivity index (χ1) is 5.91. The number of hydrogen-bond donors (Lipinski definition) is 0. The molecule has 0 atom stereocenters. The van der Waals surface area contributed by atoms with E-state index in [1.54, 1.807) is 0 Å². The maximum atomic E-state index is 11.9. The molecule has 0 bridgehead atoms. The van der Waals surface area contributed by atoms with Crippen LogP contribution in [0.3, 0.4) is 0 Å². The third-order valence-electron chi connectivity index (χ3n) is 1.16. The Kier molecular flexibility index (Phi) is 2.44. The number of rotatable bonds is 1. The van der Waals surface area contributed by atoms with E-state index in [0.29, 0.717) is 12.3 Å². The molecule has 1 aromatic rings. The van der Waals surface area contributed by atoms with Gasteiger partial charge in [-0.3, -0.25) is 0 Å². The van der Waals surface area contributed by atoms with Gasteiger partial charge in [0.1, 0.15) is 5.69 Å². The van der Waals surface area contributed by atoms with Gasteiger partial charge in [0.25, 0.3) is 6.43 Å². The zero-order valence-corrected chi connectivity index (χ0v) is 6.02. The molecule has 0 unspecified atom stereocenters. The Morgan fingerprint density at radius 3 is 2.31 bits per heavy atom. The fraction of sp³-hybridized carbons (Fsp3) is 0.333. The molecule has 0 fully saturated rings. The first-order valence-electron chi connectivity index (χ1n) is 3.09. The minimum Gasteiger partial charge on any atom is -0.236 e. The summed E-state index contributed by atoms with van der Waals surface area (Å²) in [6.07, 6.45) is -7.16. The van der Waals surface area contributed by atoms with Gasteiger partial charge < -0.3 is 0 Å². The second-order valence-corrected chi connectivity index (χ2v) is 2.10. The molecule has 13 heavy (non-hydrogen) atoms. The number of alkyl halides is 5. The molecule has 0 saturated heterocycles. The summed E-state index contributed by atoms with van der Waals surface area (Å²) < 4.78 is 59.4. The van der Waals surface area contributed by atoms with E-state index in [9.17, 15) is 22.0 Å². The summed E-state index contributed by atoms with van der Waals surface area (Å²) in [4.78, 5) is 5.65. The van der Waals surface area contributed by atoms with E-state index in [1.165, 1.54) is 0 Å².